The minimum Gasteiger partial charge on any atom is -0.465 e. The summed E-state index contributed by atoms with van der Waals surface area (Å²) in [6, 6.07) is 18.4. The molecule has 2 rings (SSSR count). The van der Waals surface area contributed by atoms with Gasteiger partial charge in [0.25, 0.3) is 0 Å². The standard InChI is InChI=1S/C22H29NO3/c1-4-26-21(24)22(2,16-25-3)20(23)15-12-17-10-13-19(14-11-17)18-8-6-5-7-9-18/h5-11,13-14,20H,4,12,15-16,23H2,1-3H3. The van der Waals surface area contributed by atoms with Gasteiger partial charge >= 0.3 is 5.97 Å². The summed E-state index contributed by atoms with van der Waals surface area (Å²) in [5.41, 5.74) is 9.11. The zero-order chi connectivity index (χ0) is 19.0. The van der Waals surface area contributed by atoms with E-state index >= 15 is 0 Å². The van der Waals surface area contributed by atoms with Crippen molar-refractivity contribution >= 4 is 5.97 Å². The van der Waals surface area contributed by atoms with Gasteiger partial charge < -0.3 is 15.2 Å². The molecular formula is C22H29NO3. The van der Waals surface area contributed by atoms with E-state index in [4.69, 9.17) is 15.2 Å². The first-order valence-electron chi connectivity index (χ1n) is 9.07. The third-order valence-corrected chi connectivity index (χ3v) is 4.81. The first-order chi connectivity index (χ1) is 12.5. The summed E-state index contributed by atoms with van der Waals surface area (Å²) in [6.07, 6.45) is 1.48. The molecule has 0 fully saturated rings. The van der Waals surface area contributed by atoms with Crippen LogP contribution in [0.4, 0.5) is 0 Å². The van der Waals surface area contributed by atoms with Gasteiger partial charge in [-0.1, -0.05) is 54.6 Å². The van der Waals surface area contributed by atoms with Crippen LogP contribution >= 0.6 is 0 Å². The Kier molecular flexibility index (Phi) is 7.37. The quantitative estimate of drug-likeness (QED) is 0.695. The number of esters is 1. The average Bonchev–Trinajstić information content (AvgIpc) is 2.67. The highest BCUT2D eigenvalue weighted by Gasteiger charge is 2.40. The van der Waals surface area contributed by atoms with Crippen molar-refractivity contribution in [3.05, 3.63) is 60.2 Å². The number of benzene rings is 2. The van der Waals surface area contributed by atoms with E-state index in [0.29, 0.717) is 13.0 Å². The Labute approximate surface area is 156 Å². The molecule has 0 aliphatic carbocycles. The van der Waals surface area contributed by atoms with Crippen molar-refractivity contribution in [3.63, 3.8) is 0 Å². The van der Waals surface area contributed by atoms with Crippen LogP contribution in [0.2, 0.25) is 0 Å². The normalized spacial score (nSPS) is 14.5. The molecule has 0 heterocycles. The monoisotopic (exact) mass is 355 g/mol. The summed E-state index contributed by atoms with van der Waals surface area (Å²) in [4.78, 5) is 12.3. The van der Waals surface area contributed by atoms with Crippen LogP contribution < -0.4 is 5.73 Å². The third kappa shape index (κ3) is 4.93. The Morgan fingerprint density at radius 3 is 2.27 bits per heavy atom. The number of nitrogens with two attached hydrogens (primary N) is 1. The van der Waals surface area contributed by atoms with Crippen LogP contribution in [0.15, 0.2) is 54.6 Å². The Hall–Kier alpha value is -2.17. The molecule has 0 radical (unpaired) electrons. The predicted molar refractivity (Wildman–Crippen MR) is 105 cm³/mol. The number of ether oxygens (including phenoxy) is 2. The van der Waals surface area contributed by atoms with E-state index in [1.54, 1.807) is 14.0 Å². The van der Waals surface area contributed by atoms with E-state index in [-0.39, 0.29) is 18.6 Å². The summed E-state index contributed by atoms with van der Waals surface area (Å²) in [7, 11) is 1.58. The number of rotatable bonds is 9. The third-order valence-electron chi connectivity index (χ3n) is 4.81. The number of methoxy groups -OCH3 is 1. The van der Waals surface area contributed by atoms with Crippen LogP contribution in [-0.4, -0.2) is 32.3 Å². The Morgan fingerprint density at radius 2 is 1.69 bits per heavy atom. The molecular weight excluding hydrogens is 326 g/mol. The fourth-order valence-electron chi connectivity index (χ4n) is 3.05. The summed E-state index contributed by atoms with van der Waals surface area (Å²) >= 11 is 0. The predicted octanol–water partition coefficient (Wildman–Crippen LogP) is 3.83. The van der Waals surface area contributed by atoms with Crippen molar-refractivity contribution in [1.29, 1.82) is 0 Å². The second kappa shape index (κ2) is 9.51. The highest BCUT2D eigenvalue weighted by molar-refractivity contribution is 5.77. The lowest BCUT2D eigenvalue weighted by molar-refractivity contribution is -0.159. The molecule has 0 aliphatic heterocycles. The molecule has 0 spiro atoms. The first kappa shape index (κ1) is 20.1. The minimum absolute atomic E-state index is 0.250. The maximum absolute atomic E-state index is 12.3. The minimum atomic E-state index is -0.839. The topological polar surface area (TPSA) is 61.5 Å². The summed E-state index contributed by atoms with van der Waals surface area (Å²) < 4.78 is 10.4. The molecule has 0 aromatic heterocycles. The molecule has 26 heavy (non-hydrogen) atoms. The maximum Gasteiger partial charge on any atom is 0.315 e. The number of carbonyl (C=O) groups is 1. The van der Waals surface area contributed by atoms with Gasteiger partial charge in [-0.25, -0.2) is 0 Å². The zero-order valence-electron chi connectivity index (χ0n) is 15.9. The number of hydrogen-bond donors (Lipinski definition) is 1. The molecule has 2 aromatic rings. The van der Waals surface area contributed by atoms with Gasteiger partial charge in [0.05, 0.1) is 13.2 Å². The van der Waals surface area contributed by atoms with E-state index in [1.807, 2.05) is 25.1 Å². The largest absolute Gasteiger partial charge is 0.465 e. The van der Waals surface area contributed by atoms with Crippen LogP contribution in [0.25, 0.3) is 11.1 Å². The van der Waals surface area contributed by atoms with E-state index < -0.39 is 5.41 Å². The Morgan fingerprint density at radius 1 is 1.08 bits per heavy atom. The molecule has 0 saturated carbocycles. The van der Waals surface area contributed by atoms with Crippen LogP contribution in [0.1, 0.15) is 25.8 Å². The van der Waals surface area contributed by atoms with Gasteiger partial charge in [0.15, 0.2) is 0 Å². The van der Waals surface area contributed by atoms with Crippen molar-refractivity contribution in [2.24, 2.45) is 11.1 Å². The molecule has 0 amide bonds. The first-order valence-corrected chi connectivity index (χ1v) is 9.07. The Bertz CT molecular complexity index is 684. The maximum atomic E-state index is 12.3. The summed E-state index contributed by atoms with van der Waals surface area (Å²) in [6.45, 7) is 4.20. The van der Waals surface area contributed by atoms with Gasteiger partial charge in [-0.05, 0) is 43.4 Å². The van der Waals surface area contributed by atoms with E-state index in [2.05, 4.69) is 36.4 Å². The average molecular weight is 355 g/mol. The van der Waals surface area contributed by atoms with Gasteiger partial charge in [0, 0.05) is 13.2 Å². The zero-order valence-corrected chi connectivity index (χ0v) is 15.9. The highest BCUT2D eigenvalue weighted by Crippen LogP contribution is 2.26. The van der Waals surface area contributed by atoms with Crippen LogP contribution in [-0.2, 0) is 20.7 Å². The van der Waals surface area contributed by atoms with Gasteiger partial charge in [0.1, 0.15) is 5.41 Å². The van der Waals surface area contributed by atoms with Crippen LogP contribution in [0, 0.1) is 5.41 Å². The smallest absolute Gasteiger partial charge is 0.315 e. The van der Waals surface area contributed by atoms with Gasteiger partial charge in [0.2, 0.25) is 0 Å². The Balaban J connectivity index is 2.01. The van der Waals surface area contributed by atoms with E-state index in [1.165, 1.54) is 16.7 Å². The van der Waals surface area contributed by atoms with Crippen molar-refractivity contribution < 1.29 is 14.3 Å². The second-order valence-corrected chi connectivity index (χ2v) is 6.78. The van der Waals surface area contributed by atoms with Crippen molar-refractivity contribution in [1.82, 2.24) is 0 Å². The fraction of sp³-hybridized carbons (Fsp3) is 0.409. The van der Waals surface area contributed by atoms with Crippen molar-refractivity contribution in [3.8, 4) is 11.1 Å². The fourth-order valence-corrected chi connectivity index (χ4v) is 3.05. The molecule has 2 aromatic carbocycles. The molecule has 0 aliphatic rings. The molecule has 2 N–H and O–H groups in total. The highest BCUT2D eigenvalue weighted by atomic mass is 16.5. The molecule has 0 bridgehead atoms. The van der Waals surface area contributed by atoms with Crippen molar-refractivity contribution in [2.45, 2.75) is 32.7 Å². The lowest BCUT2D eigenvalue weighted by atomic mass is 9.80. The lowest BCUT2D eigenvalue weighted by Crippen LogP contribution is -2.49. The van der Waals surface area contributed by atoms with Gasteiger partial charge in [-0.2, -0.15) is 0 Å². The van der Waals surface area contributed by atoms with Crippen LogP contribution in [0.3, 0.4) is 0 Å². The van der Waals surface area contributed by atoms with E-state index in [9.17, 15) is 4.79 Å². The van der Waals surface area contributed by atoms with Gasteiger partial charge in [-0.3, -0.25) is 4.79 Å². The molecule has 4 nitrogen and oxygen atoms in total. The molecule has 0 saturated heterocycles. The van der Waals surface area contributed by atoms with Gasteiger partial charge in [-0.15, -0.1) is 0 Å². The SMILES string of the molecule is CCOC(=O)C(C)(COC)C(N)CCc1ccc(-c2ccccc2)cc1. The summed E-state index contributed by atoms with van der Waals surface area (Å²) in [5.74, 6) is -0.297. The summed E-state index contributed by atoms with van der Waals surface area (Å²) in [5, 5.41) is 0. The molecule has 140 valence electrons. The number of aryl methyl sites for hydroxylation is 1. The van der Waals surface area contributed by atoms with Crippen LogP contribution in [0.5, 0.6) is 0 Å². The van der Waals surface area contributed by atoms with E-state index in [0.717, 1.165) is 6.42 Å². The number of hydrogen-bond acceptors (Lipinski definition) is 4. The number of carbonyl (C=O) groups excluding carboxylic acids is 1. The lowest BCUT2D eigenvalue weighted by Gasteiger charge is -2.32. The molecule has 4 heteroatoms. The molecule has 2 atom stereocenters. The van der Waals surface area contributed by atoms with Crippen molar-refractivity contribution in [2.75, 3.05) is 20.3 Å². The second-order valence-electron chi connectivity index (χ2n) is 6.78. The molecule has 2 unspecified atom stereocenters.